The number of esters is 2. The van der Waals surface area contributed by atoms with Gasteiger partial charge in [-0.25, -0.2) is 0 Å². The Balaban J connectivity index is 1.69. The summed E-state index contributed by atoms with van der Waals surface area (Å²) in [6.45, 7) is 7.22. The van der Waals surface area contributed by atoms with Gasteiger partial charge in [0.05, 0.1) is 11.5 Å². The fourth-order valence-corrected chi connectivity index (χ4v) is 5.55. The van der Waals surface area contributed by atoms with E-state index in [2.05, 4.69) is 18.7 Å². The van der Waals surface area contributed by atoms with Crippen molar-refractivity contribution in [1.82, 2.24) is 0 Å². The van der Waals surface area contributed by atoms with E-state index in [0.29, 0.717) is 5.56 Å². The molecule has 1 fully saturated rings. The zero-order chi connectivity index (χ0) is 28.7. The van der Waals surface area contributed by atoms with Gasteiger partial charge in [-0.15, -0.1) is 0 Å². The molecule has 0 saturated heterocycles. The number of nitrogens with zero attached hydrogens (tertiary/aromatic N) is 1. The van der Waals surface area contributed by atoms with E-state index < -0.39 is 41.1 Å². The van der Waals surface area contributed by atoms with Gasteiger partial charge in [-0.2, -0.15) is 0 Å². The molecular weight excluding hydrogens is 506 g/mol. The first-order chi connectivity index (χ1) is 19.2. The topological polar surface area (TPSA) is 93.1 Å². The van der Waals surface area contributed by atoms with Gasteiger partial charge in [-0.05, 0) is 49.6 Å². The van der Waals surface area contributed by atoms with E-state index in [-0.39, 0.29) is 19.6 Å². The van der Waals surface area contributed by atoms with Crippen LogP contribution in [0.1, 0.15) is 49.8 Å². The third-order valence-electron chi connectivity index (χ3n) is 7.63. The predicted molar refractivity (Wildman–Crippen MR) is 152 cm³/mol. The Hall–Kier alpha value is -3.97. The van der Waals surface area contributed by atoms with Crippen molar-refractivity contribution >= 4 is 23.4 Å². The van der Waals surface area contributed by atoms with E-state index in [4.69, 9.17) is 9.47 Å². The highest BCUT2D eigenvalue weighted by atomic mass is 16.5. The van der Waals surface area contributed by atoms with Crippen LogP contribution < -0.4 is 4.90 Å². The minimum absolute atomic E-state index is 0.00339. The van der Waals surface area contributed by atoms with Crippen LogP contribution in [0.15, 0.2) is 84.9 Å². The van der Waals surface area contributed by atoms with Crippen LogP contribution in [-0.2, 0) is 37.1 Å². The van der Waals surface area contributed by atoms with Gasteiger partial charge in [0.2, 0.25) is 0 Å². The first-order valence-corrected chi connectivity index (χ1v) is 13.8. The molecule has 7 nitrogen and oxygen atoms in total. The molecule has 40 heavy (non-hydrogen) atoms. The molecule has 0 bridgehead atoms. The molecule has 7 heteroatoms. The van der Waals surface area contributed by atoms with Crippen LogP contribution in [0.5, 0.6) is 0 Å². The molecule has 210 valence electrons. The molecule has 4 rings (SSSR count). The average molecular weight is 544 g/mol. The maximum atomic E-state index is 13.6. The molecule has 0 amide bonds. The number of benzene rings is 3. The number of carbonyl (C=O) groups is 3. The van der Waals surface area contributed by atoms with Gasteiger partial charge in [0, 0.05) is 31.1 Å². The monoisotopic (exact) mass is 543 g/mol. The number of hydrogen-bond acceptors (Lipinski definition) is 7. The van der Waals surface area contributed by atoms with Crippen molar-refractivity contribution in [3.05, 3.63) is 102 Å². The Morgan fingerprint density at radius 1 is 0.825 bits per heavy atom. The van der Waals surface area contributed by atoms with Gasteiger partial charge >= 0.3 is 11.9 Å². The Labute approximate surface area is 235 Å². The molecular formula is C33H37NO6. The summed E-state index contributed by atoms with van der Waals surface area (Å²) in [5, 5.41) is 11.4. The summed E-state index contributed by atoms with van der Waals surface area (Å²) >= 11 is 0. The fourth-order valence-electron chi connectivity index (χ4n) is 5.55. The second kappa shape index (κ2) is 12.9. The second-order valence-electron chi connectivity index (χ2n) is 10.4. The molecule has 0 heterocycles. The lowest BCUT2D eigenvalue weighted by molar-refractivity contribution is -0.174. The Kier molecular flexibility index (Phi) is 9.38. The SMILES string of the molecule is CCN(CC)c1ccc([C@@H]2[C@H](C(=O)OCc3ccccc3)C(=O)C[C@](C)(O)[C@H]2C(=O)OCc2ccccc2)cc1. The summed E-state index contributed by atoms with van der Waals surface area (Å²) in [6.07, 6.45) is -0.364. The smallest absolute Gasteiger partial charge is 0.317 e. The van der Waals surface area contributed by atoms with Crippen molar-refractivity contribution in [2.24, 2.45) is 11.8 Å². The van der Waals surface area contributed by atoms with Crippen LogP contribution in [0, 0.1) is 11.8 Å². The number of hydrogen-bond donors (Lipinski definition) is 1. The highest BCUT2D eigenvalue weighted by molar-refractivity contribution is 6.02. The van der Waals surface area contributed by atoms with Crippen molar-refractivity contribution in [2.45, 2.75) is 51.9 Å². The zero-order valence-electron chi connectivity index (χ0n) is 23.3. The maximum Gasteiger partial charge on any atom is 0.317 e. The van der Waals surface area contributed by atoms with Gasteiger partial charge in [0.1, 0.15) is 19.1 Å². The second-order valence-corrected chi connectivity index (χ2v) is 10.4. The summed E-state index contributed by atoms with van der Waals surface area (Å²) < 4.78 is 11.3. The van der Waals surface area contributed by atoms with Crippen molar-refractivity contribution in [3.63, 3.8) is 0 Å². The fraction of sp³-hybridized carbons (Fsp3) is 0.364. The number of rotatable bonds is 10. The summed E-state index contributed by atoms with van der Waals surface area (Å²) in [7, 11) is 0. The van der Waals surface area contributed by atoms with E-state index in [1.807, 2.05) is 84.9 Å². The first kappa shape index (κ1) is 29.0. The molecule has 0 spiro atoms. The van der Waals surface area contributed by atoms with Gasteiger partial charge in [-0.3, -0.25) is 14.4 Å². The lowest BCUT2D eigenvalue weighted by atomic mass is 9.61. The number of ketones is 1. The molecule has 0 aliphatic heterocycles. The number of anilines is 1. The Morgan fingerprint density at radius 2 is 1.32 bits per heavy atom. The summed E-state index contributed by atoms with van der Waals surface area (Å²) in [4.78, 5) is 42.8. The largest absolute Gasteiger partial charge is 0.461 e. The van der Waals surface area contributed by atoms with Crippen LogP contribution >= 0.6 is 0 Å². The molecule has 3 aromatic carbocycles. The number of aliphatic hydroxyl groups is 1. The van der Waals surface area contributed by atoms with Crippen LogP contribution in [0.25, 0.3) is 0 Å². The number of carbonyl (C=O) groups excluding carboxylic acids is 3. The molecule has 0 aromatic heterocycles. The van der Waals surface area contributed by atoms with Crippen molar-refractivity contribution in [2.75, 3.05) is 18.0 Å². The van der Waals surface area contributed by atoms with Crippen LogP contribution in [0.4, 0.5) is 5.69 Å². The average Bonchev–Trinajstić information content (AvgIpc) is 2.96. The van der Waals surface area contributed by atoms with Gasteiger partial charge in [0.25, 0.3) is 0 Å². The van der Waals surface area contributed by atoms with Crippen LogP contribution in [0.3, 0.4) is 0 Å². The quantitative estimate of drug-likeness (QED) is 0.282. The zero-order valence-corrected chi connectivity index (χ0v) is 23.3. The molecule has 1 aliphatic rings. The highest BCUT2D eigenvalue weighted by Gasteiger charge is 2.57. The minimum Gasteiger partial charge on any atom is -0.461 e. The predicted octanol–water partition coefficient (Wildman–Crippen LogP) is 5.06. The Morgan fingerprint density at radius 3 is 1.82 bits per heavy atom. The maximum absolute atomic E-state index is 13.6. The number of Topliss-reactive ketones (excluding diaryl/α,β-unsaturated/α-hetero) is 1. The summed E-state index contributed by atoms with van der Waals surface area (Å²) in [5.41, 5.74) is 1.43. The van der Waals surface area contributed by atoms with E-state index >= 15 is 0 Å². The lowest BCUT2D eigenvalue weighted by Crippen LogP contribution is -2.55. The summed E-state index contributed by atoms with van der Waals surface area (Å²) in [5.74, 6) is -5.25. The normalized spacial score (nSPS) is 22.4. The summed E-state index contributed by atoms with van der Waals surface area (Å²) in [6, 6.07) is 25.9. The highest BCUT2D eigenvalue weighted by Crippen LogP contribution is 2.47. The third-order valence-corrected chi connectivity index (χ3v) is 7.63. The minimum atomic E-state index is -1.72. The Bertz CT molecular complexity index is 1290. The van der Waals surface area contributed by atoms with Gasteiger partial charge < -0.3 is 19.5 Å². The van der Waals surface area contributed by atoms with Crippen LogP contribution in [0.2, 0.25) is 0 Å². The van der Waals surface area contributed by atoms with E-state index in [9.17, 15) is 19.5 Å². The molecule has 1 saturated carbocycles. The van der Waals surface area contributed by atoms with E-state index in [0.717, 1.165) is 29.9 Å². The van der Waals surface area contributed by atoms with Crippen molar-refractivity contribution in [1.29, 1.82) is 0 Å². The first-order valence-electron chi connectivity index (χ1n) is 13.8. The standard InChI is InChI=1S/C33H37NO6/c1-4-34(5-2)26-18-16-25(17-19-26)28-29(31(36)39-21-23-12-8-6-9-13-23)27(35)20-33(3,38)30(28)32(37)40-22-24-14-10-7-11-15-24/h6-19,28-30,38H,4-5,20-22H2,1-3H3/t28-,29-,30-,33+/m1/s1. The van der Waals surface area contributed by atoms with Crippen LogP contribution in [-0.4, -0.2) is 41.5 Å². The lowest BCUT2D eigenvalue weighted by Gasteiger charge is -2.43. The third kappa shape index (κ3) is 6.59. The van der Waals surface area contributed by atoms with Gasteiger partial charge in [-0.1, -0.05) is 72.8 Å². The van der Waals surface area contributed by atoms with E-state index in [1.54, 1.807) is 0 Å². The van der Waals surface area contributed by atoms with Crippen molar-refractivity contribution in [3.8, 4) is 0 Å². The molecule has 1 N–H and O–H groups in total. The van der Waals surface area contributed by atoms with Gasteiger partial charge in [0.15, 0.2) is 5.78 Å². The van der Waals surface area contributed by atoms with Crippen molar-refractivity contribution < 1.29 is 29.0 Å². The van der Waals surface area contributed by atoms with E-state index in [1.165, 1.54) is 6.92 Å². The number of ether oxygens (including phenoxy) is 2. The molecule has 0 radical (unpaired) electrons. The molecule has 0 unspecified atom stereocenters. The molecule has 4 atom stereocenters. The molecule has 1 aliphatic carbocycles. The molecule has 3 aromatic rings.